The lowest BCUT2D eigenvalue weighted by Gasteiger charge is -1.94. The molecule has 0 aliphatic rings. The number of methoxy groups -OCH3 is 1. The van der Waals surface area contributed by atoms with E-state index in [1.165, 1.54) is 7.11 Å². The van der Waals surface area contributed by atoms with Gasteiger partial charge in [-0.3, -0.25) is 0 Å². The van der Waals surface area contributed by atoms with Gasteiger partial charge in [-0.25, -0.2) is 4.79 Å². The second kappa shape index (κ2) is 8.30. The molecule has 0 aromatic carbocycles. The van der Waals surface area contributed by atoms with Gasteiger partial charge in [-0.15, -0.1) is 0 Å². The van der Waals surface area contributed by atoms with Crippen LogP contribution in [0.5, 0.6) is 0 Å². The van der Waals surface area contributed by atoms with E-state index in [2.05, 4.69) is 17.7 Å². The van der Waals surface area contributed by atoms with Gasteiger partial charge in [0.05, 0.1) is 7.11 Å². The van der Waals surface area contributed by atoms with Crippen LogP contribution in [0.3, 0.4) is 0 Å². The quantitative estimate of drug-likeness (QED) is 0.382. The second-order valence-corrected chi connectivity index (χ2v) is 2.94. The minimum absolute atomic E-state index is 0.285. The molecule has 0 spiro atoms. The Morgan fingerprint density at radius 1 is 1.29 bits per heavy atom. The molecular weight excluding hydrogens is 176 g/mol. The highest BCUT2D eigenvalue weighted by atomic mass is 16.5. The third-order valence-corrected chi connectivity index (χ3v) is 1.67. The standard InChI is InChI=1S/C12H18O2/c1-4-5-6-7-8-9-10-11(2)12(13)14-3/h6-10H,4-5H2,1-3H3. The summed E-state index contributed by atoms with van der Waals surface area (Å²) in [5.41, 5.74) is 0.604. The van der Waals surface area contributed by atoms with Gasteiger partial charge in [-0.2, -0.15) is 0 Å². The molecule has 0 rings (SSSR count). The Hall–Kier alpha value is -1.31. The molecule has 2 nitrogen and oxygen atoms in total. The molecule has 14 heavy (non-hydrogen) atoms. The van der Waals surface area contributed by atoms with E-state index in [0.717, 1.165) is 12.8 Å². The van der Waals surface area contributed by atoms with E-state index < -0.39 is 0 Å². The van der Waals surface area contributed by atoms with Crippen molar-refractivity contribution in [3.63, 3.8) is 0 Å². The summed E-state index contributed by atoms with van der Waals surface area (Å²) in [6.07, 6.45) is 11.8. The molecule has 78 valence electrons. The number of allylic oxidation sites excluding steroid dienone is 5. The summed E-state index contributed by atoms with van der Waals surface area (Å²) in [5, 5.41) is 0. The van der Waals surface area contributed by atoms with Crippen LogP contribution in [0.2, 0.25) is 0 Å². The molecule has 0 fully saturated rings. The Morgan fingerprint density at radius 3 is 2.57 bits per heavy atom. The minimum atomic E-state index is -0.285. The van der Waals surface area contributed by atoms with Crippen LogP contribution < -0.4 is 0 Å². The molecule has 2 heteroatoms. The van der Waals surface area contributed by atoms with E-state index in [-0.39, 0.29) is 5.97 Å². The van der Waals surface area contributed by atoms with Gasteiger partial charge in [0.1, 0.15) is 0 Å². The van der Waals surface area contributed by atoms with E-state index in [1.54, 1.807) is 13.0 Å². The van der Waals surface area contributed by atoms with E-state index in [1.807, 2.05) is 18.2 Å². The molecule has 0 N–H and O–H groups in total. The first kappa shape index (κ1) is 12.7. The number of hydrogen-bond acceptors (Lipinski definition) is 2. The van der Waals surface area contributed by atoms with Crippen molar-refractivity contribution in [1.29, 1.82) is 0 Å². The highest BCUT2D eigenvalue weighted by Gasteiger charge is 1.99. The van der Waals surface area contributed by atoms with Crippen LogP contribution in [-0.4, -0.2) is 13.1 Å². The van der Waals surface area contributed by atoms with Crippen molar-refractivity contribution in [1.82, 2.24) is 0 Å². The predicted molar refractivity (Wildman–Crippen MR) is 59.0 cm³/mol. The number of ether oxygens (including phenoxy) is 1. The Balaban J connectivity index is 3.95. The summed E-state index contributed by atoms with van der Waals surface area (Å²) in [5.74, 6) is -0.285. The van der Waals surface area contributed by atoms with Gasteiger partial charge in [-0.1, -0.05) is 43.7 Å². The molecule has 0 aromatic heterocycles. The summed E-state index contributed by atoms with van der Waals surface area (Å²) in [6, 6.07) is 0. The van der Waals surface area contributed by atoms with Crippen LogP contribution in [-0.2, 0) is 9.53 Å². The highest BCUT2D eigenvalue weighted by Crippen LogP contribution is 1.96. The SMILES string of the molecule is CCCC=CC=CC=C(C)C(=O)OC. The molecule has 0 amide bonds. The van der Waals surface area contributed by atoms with Gasteiger partial charge >= 0.3 is 5.97 Å². The van der Waals surface area contributed by atoms with Crippen LogP contribution in [0.15, 0.2) is 36.0 Å². The minimum Gasteiger partial charge on any atom is -0.466 e. The summed E-state index contributed by atoms with van der Waals surface area (Å²) >= 11 is 0. The average molecular weight is 194 g/mol. The maximum absolute atomic E-state index is 10.9. The Labute approximate surface area is 86.0 Å². The number of rotatable bonds is 5. The predicted octanol–water partition coefficient (Wildman–Crippen LogP) is 3.02. The first-order chi connectivity index (χ1) is 6.72. The fourth-order valence-electron chi connectivity index (χ4n) is 0.835. The molecule has 0 heterocycles. The number of carbonyl (C=O) groups is 1. The molecule has 0 aliphatic carbocycles. The van der Waals surface area contributed by atoms with Crippen molar-refractivity contribution in [3.05, 3.63) is 36.0 Å². The molecule has 0 aliphatic heterocycles. The molecule has 0 bridgehead atoms. The van der Waals surface area contributed by atoms with Gasteiger partial charge in [0.2, 0.25) is 0 Å². The van der Waals surface area contributed by atoms with Gasteiger partial charge in [-0.05, 0) is 13.3 Å². The summed E-state index contributed by atoms with van der Waals surface area (Å²) in [4.78, 5) is 10.9. The van der Waals surface area contributed by atoms with E-state index >= 15 is 0 Å². The van der Waals surface area contributed by atoms with Gasteiger partial charge < -0.3 is 4.74 Å². The highest BCUT2D eigenvalue weighted by molar-refractivity contribution is 5.87. The molecule has 0 saturated heterocycles. The number of carbonyl (C=O) groups excluding carboxylic acids is 1. The van der Waals surface area contributed by atoms with Gasteiger partial charge in [0.25, 0.3) is 0 Å². The fraction of sp³-hybridized carbons (Fsp3) is 0.417. The van der Waals surface area contributed by atoms with Crippen LogP contribution in [0.4, 0.5) is 0 Å². The Kier molecular flexibility index (Phi) is 7.52. The lowest BCUT2D eigenvalue weighted by atomic mass is 10.2. The molecule has 0 unspecified atom stereocenters. The van der Waals surface area contributed by atoms with E-state index in [0.29, 0.717) is 5.57 Å². The molecule has 0 aromatic rings. The summed E-state index contributed by atoms with van der Waals surface area (Å²) in [6.45, 7) is 3.86. The third kappa shape index (κ3) is 6.23. The van der Waals surface area contributed by atoms with Crippen LogP contribution in [0.1, 0.15) is 26.7 Å². The van der Waals surface area contributed by atoms with Crippen LogP contribution in [0.25, 0.3) is 0 Å². The number of hydrogen-bond donors (Lipinski definition) is 0. The normalized spacial score (nSPS) is 12.6. The molecular formula is C12H18O2. The van der Waals surface area contributed by atoms with Gasteiger partial charge in [0.15, 0.2) is 0 Å². The third-order valence-electron chi connectivity index (χ3n) is 1.67. The summed E-state index contributed by atoms with van der Waals surface area (Å²) in [7, 11) is 1.38. The van der Waals surface area contributed by atoms with Crippen molar-refractivity contribution in [2.24, 2.45) is 0 Å². The fourth-order valence-corrected chi connectivity index (χ4v) is 0.835. The summed E-state index contributed by atoms with van der Waals surface area (Å²) < 4.78 is 4.55. The maximum Gasteiger partial charge on any atom is 0.333 e. The van der Waals surface area contributed by atoms with Gasteiger partial charge in [0, 0.05) is 5.57 Å². The van der Waals surface area contributed by atoms with Crippen LogP contribution in [0, 0.1) is 0 Å². The number of unbranched alkanes of at least 4 members (excludes halogenated alkanes) is 1. The van der Waals surface area contributed by atoms with Crippen molar-refractivity contribution in [3.8, 4) is 0 Å². The largest absolute Gasteiger partial charge is 0.466 e. The zero-order valence-corrected chi connectivity index (χ0v) is 9.12. The average Bonchev–Trinajstić information content (AvgIpc) is 2.21. The Bertz CT molecular complexity index is 247. The first-order valence-corrected chi connectivity index (χ1v) is 4.80. The van der Waals surface area contributed by atoms with Crippen molar-refractivity contribution < 1.29 is 9.53 Å². The zero-order valence-electron chi connectivity index (χ0n) is 9.12. The molecule has 0 radical (unpaired) electrons. The molecule has 0 saturated carbocycles. The van der Waals surface area contributed by atoms with Crippen LogP contribution >= 0.6 is 0 Å². The van der Waals surface area contributed by atoms with Crippen molar-refractivity contribution in [2.75, 3.05) is 7.11 Å². The number of esters is 1. The lowest BCUT2D eigenvalue weighted by Crippen LogP contribution is -2.00. The smallest absolute Gasteiger partial charge is 0.333 e. The Morgan fingerprint density at radius 2 is 2.00 bits per heavy atom. The zero-order chi connectivity index (χ0) is 10.8. The maximum atomic E-state index is 10.9. The second-order valence-electron chi connectivity index (χ2n) is 2.94. The first-order valence-electron chi connectivity index (χ1n) is 4.80. The van der Waals surface area contributed by atoms with E-state index in [4.69, 9.17) is 0 Å². The topological polar surface area (TPSA) is 26.3 Å². The molecule has 0 atom stereocenters. The lowest BCUT2D eigenvalue weighted by molar-refractivity contribution is -0.136. The van der Waals surface area contributed by atoms with Crippen molar-refractivity contribution >= 4 is 5.97 Å². The van der Waals surface area contributed by atoms with Crippen molar-refractivity contribution in [2.45, 2.75) is 26.7 Å². The monoisotopic (exact) mass is 194 g/mol. The van der Waals surface area contributed by atoms with E-state index in [9.17, 15) is 4.79 Å².